The Morgan fingerprint density at radius 2 is 2.04 bits per heavy atom. The van der Waals surface area contributed by atoms with Gasteiger partial charge in [0, 0.05) is 37.7 Å². The van der Waals surface area contributed by atoms with Crippen LogP contribution < -0.4 is 10.1 Å². The summed E-state index contributed by atoms with van der Waals surface area (Å²) >= 11 is 0. The molecule has 1 heterocycles. The summed E-state index contributed by atoms with van der Waals surface area (Å²) in [5, 5.41) is 5.98. The zero-order valence-electron chi connectivity index (χ0n) is 13.8. The molecule has 1 unspecified atom stereocenters. The maximum atomic E-state index is 11.8. The van der Waals surface area contributed by atoms with Crippen LogP contribution in [0.5, 0.6) is 5.75 Å². The van der Waals surface area contributed by atoms with Gasteiger partial charge < -0.3 is 15.0 Å². The van der Waals surface area contributed by atoms with E-state index < -0.39 is 0 Å². The molecule has 1 aliphatic heterocycles. The summed E-state index contributed by atoms with van der Waals surface area (Å²) in [6.07, 6.45) is 1.60. The number of amides is 1. The lowest BCUT2D eigenvalue weighted by atomic mass is 10.1. The average molecular weight is 312 g/mol. The largest absolute Gasteiger partial charge is 0.496 e. The van der Waals surface area contributed by atoms with Gasteiger partial charge in [-0.1, -0.05) is 31.2 Å². The van der Waals surface area contributed by atoms with Crippen molar-refractivity contribution in [3.8, 4) is 5.75 Å². The van der Waals surface area contributed by atoms with Crippen molar-refractivity contribution >= 4 is 16.7 Å². The third-order valence-electron chi connectivity index (χ3n) is 4.57. The maximum Gasteiger partial charge on any atom is 0.222 e. The van der Waals surface area contributed by atoms with Crippen LogP contribution in [0, 0.1) is 0 Å². The Morgan fingerprint density at radius 1 is 1.30 bits per heavy atom. The van der Waals surface area contributed by atoms with Crippen molar-refractivity contribution in [1.82, 2.24) is 10.2 Å². The Bertz CT molecular complexity index is 699. The molecule has 0 aromatic heterocycles. The van der Waals surface area contributed by atoms with Crippen molar-refractivity contribution in [2.45, 2.75) is 32.4 Å². The van der Waals surface area contributed by atoms with Gasteiger partial charge in [0.1, 0.15) is 5.75 Å². The summed E-state index contributed by atoms with van der Waals surface area (Å²) in [6, 6.07) is 12.9. The van der Waals surface area contributed by atoms with Crippen LogP contribution in [0.3, 0.4) is 0 Å². The fourth-order valence-electron chi connectivity index (χ4n) is 3.23. The molecule has 1 N–H and O–H groups in total. The molecular weight excluding hydrogens is 288 g/mol. The van der Waals surface area contributed by atoms with Crippen LogP contribution in [-0.4, -0.2) is 37.0 Å². The smallest absolute Gasteiger partial charge is 0.222 e. The Hall–Kier alpha value is -2.07. The van der Waals surface area contributed by atoms with E-state index >= 15 is 0 Å². The molecule has 2 aromatic carbocycles. The lowest BCUT2D eigenvalue weighted by molar-refractivity contribution is -0.129. The van der Waals surface area contributed by atoms with E-state index in [4.69, 9.17) is 4.74 Å². The van der Waals surface area contributed by atoms with Crippen molar-refractivity contribution in [3.63, 3.8) is 0 Å². The van der Waals surface area contributed by atoms with Gasteiger partial charge in [0.15, 0.2) is 0 Å². The van der Waals surface area contributed by atoms with Gasteiger partial charge in [0.05, 0.1) is 7.11 Å². The van der Waals surface area contributed by atoms with Crippen LogP contribution in [-0.2, 0) is 11.3 Å². The SMILES string of the molecule is CCC(=O)N1CCC(NCc2cc3ccccc3cc2OC)C1. The molecule has 1 aliphatic rings. The lowest BCUT2D eigenvalue weighted by Crippen LogP contribution is -2.34. The van der Waals surface area contributed by atoms with E-state index in [1.807, 2.05) is 17.9 Å². The van der Waals surface area contributed by atoms with Gasteiger partial charge in [0.25, 0.3) is 0 Å². The molecular formula is C19H24N2O2. The van der Waals surface area contributed by atoms with Crippen LogP contribution in [0.1, 0.15) is 25.3 Å². The molecule has 1 fully saturated rings. The second-order valence-corrected chi connectivity index (χ2v) is 6.07. The van der Waals surface area contributed by atoms with Gasteiger partial charge >= 0.3 is 0 Å². The highest BCUT2D eigenvalue weighted by atomic mass is 16.5. The molecule has 0 bridgehead atoms. The number of rotatable bonds is 5. The molecule has 2 aromatic rings. The molecule has 4 heteroatoms. The van der Waals surface area contributed by atoms with Crippen LogP contribution in [0.2, 0.25) is 0 Å². The highest BCUT2D eigenvalue weighted by Gasteiger charge is 2.24. The van der Waals surface area contributed by atoms with E-state index in [1.54, 1.807) is 7.11 Å². The topological polar surface area (TPSA) is 41.6 Å². The molecule has 4 nitrogen and oxygen atoms in total. The van der Waals surface area contributed by atoms with Gasteiger partial charge in [-0.15, -0.1) is 0 Å². The number of hydrogen-bond donors (Lipinski definition) is 1. The van der Waals surface area contributed by atoms with E-state index in [2.05, 4.69) is 35.6 Å². The van der Waals surface area contributed by atoms with Gasteiger partial charge in [0.2, 0.25) is 5.91 Å². The summed E-state index contributed by atoms with van der Waals surface area (Å²) < 4.78 is 5.54. The number of carbonyl (C=O) groups is 1. The molecule has 3 rings (SSSR count). The van der Waals surface area contributed by atoms with E-state index in [9.17, 15) is 4.79 Å². The quantitative estimate of drug-likeness (QED) is 0.923. The Kier molecular flexibility index (Phi) is 4.82. The zero-order valence-corrected chi connectivity index (χ0v) is 13.8. The highest BCUT2D eigenvalue weighted by Crippen LogP contribution is 2.26. The van der Waals surface area contributed by atoms with E-state index in [-0.39, 0.29) is 5.91 Å². The van der Waals surface area contributed by atoms with E-state index in [1.165, 1.54) is 10.8 Å². The first-order valence-electron chi connectivity index (χ1n) is 8.28. The first-order chi connectivity index (χ1) is 11.2. The maximum absolute atomic E-state index is 11.8. The van der Waals surface area contributed by atoms with Crippen molar-refractivity contribution in [2.24, 2.45) is 0 Å². The monoisotopic (exact) mass is 312 g/mol. The van der Waals surface area contributed by atoms with Crippen molar-refractivity contribution in [1.29, 1.82) is 0 Å². The number of nitrogens with zero attached hydrogens (tertiary/aromatic N) is 1. The summed E-state index contributed by atoms with van der Waals surface area (Å²) in [4.78, 5) is 13.7. The van der Waals surface area contributed by atoms with Crippen molar-refractivity contribution in [2.75, 3.05) is 20.2 Å². The number of hydrogen-bond acceptors (Lipinski definition) is 3. The summed E-state index contributed by atoms with van der Waals surface area (Å²) in [7, 11) is 1.71. The Morgan fingerprint density at radius 3 is 2.74 bits per heavy atom. The minimum absolute atomic E-state index is 0.248. The highest BCUT2D eigenvalue weighted by molar-refractivity contribution is 5.85. The summed E-state index contributed by atoms with van der Waals surface area (Å²) in [5.74, 6) is 1.16. The standard InChI is InChI=1S/C19H24N2O2/c1-3-19(22)21-9-8-17(13-21)20-12-16-10-14-6-4-5-7-15(14)11-18(16)23-2/h4-7,10-11,17,20H,3,8-9,12-13H2,1-2H3. The fraction of sp³-hybridized carbons (Fsp3) is 0.421. The van der Waals surface area contributed by atoms with Gasteiger partial charge in [-0.05, 0) is 29.3 Å². The molecule has 1 amide bonds. The lowest BCUT2D eigenvalue weighted by Gasteiger charge is -2.17. The Labute approximate surface area is 137 Å². The predicted molar refractivity (Wildman–Crippen MR) is 92.6 cm³/mol. The van der Waals surface area contributed by atoms with Gasteiger partial charge in [-0.25, -0.2) is 0 Å². The molecule has 122 valence electrons. The average Bonchev–Trinajstić information content (AvgIpc) is 3.07. The molecule has 0 spiro atoms. The number of likely N-dealkylation sites (tertiary alicyclic amines) is 1. The summed E-state index contributed by atoms with van der Waals surface area (Å²) in [6.45, 7) is 4.34. The number of nitrogens with one attached hydrogen (secondary N) is 1. The zero-order chi connectivity index (χ0) is 16.2. The molecule has 1 atom stereocenters. The molecule has 0 saturated carbocycles. The van der Waals surface area contributed by atoms with Gasteiger partial charge in [-0.2, -0.15) is 0 Å². The first kappa shape index (κ1) is 15.8. The van der Waals surface area contributed by atoms with Crippen molar-refractivity contribution < 1.29 is 9.53 Å². The van der Waals surface area contributed by atoms with Gasteiger partial charge in [-0.3, -0.25) is 4.79 Å². The molecule has 0 aliphatic carbocycles. The second-order valence-electron chi connectivity index (χ2n) is 6.07. The fourth-order valence-corrected chi connectivity index (χ4v) is 3.23. The number of benzene rings is 2. The predicted octanol–water partition coefficient (Wildman–Crippen LogP) is 2.95. The minimum atomic E-state index is 0.248. The number of fused-ring (bicyclic) bond motifs is 1. The third kappa shape index (κ3) is 3.48. The van der Waals surface area contributed by atoms with E-state index in [0.717, 1.165) is 37.4 Å². The number of methoxy groups -OCH3 is 1. The Balaban J connectivity index is 1.68. The van der Waals surface area contributed by atoms with Crippen molar-refractivity contribution in [3.05, 3.63) is 42.0 Å². The normalized spacial score (nSPS) is 17.7. The van der Waals surface area contributed by atoms with Crippen LogP contribution in [0.15, 0.2) is 36.4 Å². The number of carbonyl (C=O) groups excluding carboxylic acids is 1. The molecule has 1 saturated heterocycles. The first-order valence-corrected chi connectivity index (χ1v) is 8.28. The van der Waals surface area contributed by atoms with Crippen LogP contribution >= 0.6 is 0 Å². The van der Waals surface area contributed by atoms with Crippen LogP contribution in [0.25, 0.3) is 10.8 Å². The number of ether oxygens (including phenoxy) is 1. The van der Waals surface area contributed by atoms with Crippen LogP contribution in [0.4, 0.5) is 0 Å². The molecule has 23 heavy (non-hydrogen) atoms. The second kappa shape index (κ2) is 7.01. The minimum Gasteiger partial charge on any atom is -0.496 e. The molecule has 0 radical (unpaired) electrons. The van der Waals surface area contributed by atoms with E-state index in [0.29, 0.717) is 12.5 Å². The summed E-state index contributed by atoms with van der Waals surface area (Å²) in [5.41, 5.74) is 1.16. The third-order valence-corrected chi connectivity index (χ3v) is 4.57.